The maximum absolute atomic E-state index is 12.2. The second-order valence-corrected chi connectivity index (χ2v) is 4.19. The number of hydrogen-bond acceptors (Lipinski definition) is 3. The molecule has 0 heterocycles. The van der Waals surface area contributed by atoms with Crippen molar-refractivity contribution in [2.24, 2.45) is 0 Å². The van der Waals surface area contributed by atoms with Crippen LogP contribution in [0.2, 0.25) is 0 Å². The number of carbonyl (C=O) groups is 1. The molecule has 0 aliphatic rings. The molecule has 0 fully saturated rings. The van der Waals surface area contributed by atoms with Gasteiger partial charge in [0.25, 0.3) is 0 Å². The van der Waals surface area contributed by atoms with Crippen LogP contribution in [0.4, 0.5) is 19.3 Å². The van der Waals surface area contributed by atoms with Crippen LogP contribution in [0.3, 0.4) is 0 Å². The van der Waals surface area contributed by atoms with Gasteiger partial charge in [-0.1, -0.05) is 24.3 Å². The number of carbonyl (C=O) groups excluding carboxylic acids is 1. The molecule has 21 heavy (non-hydrogen) atoms. The highest BCUT2D eigenvalue weighted by Gasteiger charge is 2.10. The fourth-order valence-electron chi connectivity index (χ4n) is 1.64. The van der Waals surface area contributed by atoms with E-state index in [9.17, 15) is 13.6 Å². The fraction of sp³-hybridized carbons (Fsp3) is 0.133. The lowest BCUT2D eigenvalue weighted by atomic mass is 10.2. The molecule has 2 rings (SSSR count). The van der Waals surface area contributed by atoms with Crippen molar-refractivity contribution in [1.82, 2.24) is 0 Å². The zero-order valence-corrected chi connectivity index (χ0v) is 11.2. The number of halogens is 2. The lowest BCUT2D eigenvalue weighted by molar-refractivity contribution is -0.0502. The van der Waals surface area contributed by atoms with Crippen molar-refractivity contribution in [3.05, 3.63) is 54.1 Å². The molecule has 4 nitrogen and oxygen atoms in total. The van der Waals surface area contributed by atoms with Gasteiger partial charge in [0, 0.05) is 11.8 Å². The quantitative estimate of drug-likeness (QED) is 0.918. The predicted octanol–water partition coefficient (Wildman–Crippen LogP) is 4.21. The predicted molar refractivity (Wildman–Crippen MR) is 73.9 cm³/mol. The van der Waals surface area contributed by atoms with Gasteiger partial charge in [0.2, 0.25) is 0 Å². The highest BCUT2D eigenvalue weighted by Crippen LogP contribution is 2.24. The zero-order valence-electron chi connectivity index (χ0n) is 11.2. The zero-order chi connectivity index (χ0) is 15.2. The third-order valence-corrected chi connectivity index (χ3v) is 2.60. The molecular formula is C15H13F2NO3. The van der Waals surface area contributed by atoms with Crippen molar-refractivity contribution in [2.45, 2.75) is 13.5 Å². The number of hydrogen-bond donors (Lipinski definition) is 1. The smallest absolute Gasteiger partial charge is 0.417 e. The van der Waals surface area contributed by atoms with Crippen molar-refractivity contribution >= 4 is 11.8 Å². The molecule has 2 aromatic rings. The van der Waals surface area contributed by atoms with Crippen LogP contribution in [0.25, 0.3) is 0 Å². The van der Waals surface area contributed by atoms with Crippen molar-refractivity contribution < 1.29 is 23.0 Å². The van der Waals surface area contributed by atoms with Crippen LogP contribution in [0, 0.1) is 6.92 Å². The van der Waals surface area contributed by atoms with Crippen molar-refractivity contribution in [2.75, 3.05) is 5.32 Å². The average Bonchev–Trinajstić information content (AvgIpc) is 2.43. The molecule has 0 bridgehead atoms. The summed E-state index contributed by atoms with van der Waals surface area (Å²) >= 11 is 0. The van der Waals surface area contributed by atoms with E-state index < -0.39 is 12.7 Å². The molecule has 0 atom stereocenters. The van der Waals surface area contributed by atoms with E-state index in [2.05, 4.69) is 10.1 Å². The summed E-state index contributed by atoms with van der Waals surface area (Å²) in [5.74, 6) is 0.383. The number of aryl methyl sites for hydroxylation is 1. The number of ether oxygens (including phenoxy) is 2. The minimum atomic E-state index is -2.92. The summed E-state index contributed by atoms with van der Waals surface area (Å²) in [5, 5.41) is 2.45. The molecule has 1 N–H and O–H groups in total. The van der Waals surface area contributed by atoms with Crippen LogP contribution in [0.1, 0.15) is 5.56 Å². The molecule has 110 valence electrons. The van der Waals surface area contributed by atoms with Crippen LogP contribution in [0.15, 0.2) is 48.5 Å². The Morgan fingerprint density at radius 2 is 1.86 bits per heavy atom. The van der Waals surface area contributed by atoms with Gasteiger partial charge in [-0.05, 0) is 30.7 Å². The lowest BCUT2D eigenvalue weighted by Crippen LogP contribution is -2.16. The Kier molecular flexibility index (Phi) is 4.71. The topological polar surface area (TPSA) is 47.6 Å². The fourth-order valence-corrected chi connectivity index (χ4v) is 1.64. The van der Waals surface area contributed by atoms with E-state index in [0.29, 0.717) is 17.0 Å². The van der Waals surface area contributed by atoms with Gasteiger partial charge in [0.1, 0.15) is 11.5 Å². The number of amides is 1. The van der Waals surface area contributed by atoms with Crippen molar-refractivity contribution in [1.29, 1.82) is 0 Å². The maximum atomic E-state index is 12.2. The Balaban J connectivity index is 2.04. The third-order valence-electron chi connectivity index (χ3n) is 2.60. The summed E-state index contributed by atoms with van der Waals surface area (Å²) in [6.07, 6.45) is -0.715. The number of rotatable bonds is 4. The normalized spacial score (nSPS) is 10.3. The molecule has 0 aliphatic carbocycles. The minimum Gasteiger partial charge on any atom is -0.434 e. The Morgan fingerprint density at radius 1 is 1.14 bits per heavy atom. The molecule has 0 aromatic heterocycles. The average molecular weight is 293 g/mol. The second kappa shape index (κ2) is 6.69. The highest BCUT2D eigenvalue weighted by atomic mass is 19.3. The molecule has 6 heteroatoms. The first-order valence-corrected chi connectivity index (χ1v) is 6.14. The Hall–Kier alpha value is -2.63. The molecule has 0 unspecified atom stereocenters. The van der Waals surface area contributed by atoms with Gasteiger partial charge in [0.05, 0.1) is 0 Å². The third kappa shape index (κ3) is 4.45. The van der Waals surface area contributed by atoms with Gasteiger partial charge in [-0.25, -0.2) is 4.79 Å². The van der Waals surface area contributed by atoms with E-state index in [1.165, 1.54) is 6.07 Å². The lowest BCUT2D eigenvalue weighted by Gasteiger charge is -2.11. The molecule has 0 saturated heterocycles. The summed E-state index contributed by atoms with van der Waals surface area (Å²) < 4.78 is 33.9. The molecule has 0 aliphatic heterocycles. The van der Waals surface area contributed by atoms with Gasteiger partial charge in [-0.15, -0.1) is 0 Å². The molecule has 0 radical (unpaired) electrons. The Labute approximate surface area is 120 Å². The van der Waals surface area contributed by atoms with Gasteiger partial charge in [-0.2, -0.15) is 8.78 Å². The van der Waals surface area contributed by atoms with Crippen molar-refractivity contribution in [3.8, 4) is 11.5 Å². The highest BCUT2D eigenvalue weighted by molar-refractivity contribution is 5.86. The van der Waals surface area contributed by atoms with Gasteiger partial charge in [0.15, 0.2) is 0 Å². The van der Waals surface area contributed by atoms with E-state index >= 15 is 0 Å². The van der Waals surface area contributed by atoms with Crippen LogP contribution in [-0.4, -0.2) is 12.7 Å². The van der Waals surface area contributed by atoms with E-state index in [4.69, 9.17) is 4.74 Å². The molecule has 2 aromatic carbocycles. The van der Waals surface area contributed by atoms with E-state index in [1.54, 1.807) is 49.4 Å². The number of anilines is 1. The maximum Gasteiger partial charge on any atom is 0.417 e. The van der Waals surface area contributed by atoms with Crippen LogP contribution in [0.5, 0.6) is 11.5 Å². The largest absolute Gasteiger partial charge is 0.434 e. The standard InChI is InChI=1S/C15H13F2NO3/c1-10-7-8-11(9-13(10)21-14(16)17)18-15(19)20-12-5-3-2-4-6-12/h2-9,14H,1H3,(H,18,19). The number of benzene rings is 2. The van der Waals surface area contributed by atoms with Gasteiger partial charge >= 0.3 is 12.7 Å². The van der Waals surface area contributed by atoms with Crippen LogP contribution in [-0.2, 0) is 0 Å². The Morgan fingerprint density at radius 3 is 2.52 bits per heavy atom. The van der Waals surface area contributed by atoms with Crippen LogP contribution < -0.4 is 14.8 Å². The first-order chi connectivity index (χ1) is 10.0. The summed E-state index contributed by atoms with van der Waals surface area (Å²) in [7, 11) is 0. The van der Waals surface area contributed by atoms with E-state index in [-0.39, 0.29) is 5.75 Å². The summed E-state index contributed by atoms with van der Waals surface area (Å²) in [6.45, 7) is -1.29. The van der Waals surface area contributed by atoms with Gasteiger partial charge in [-0.3, -0.25) is 5.32 Å². The second-order valence-electron chi connectivity index (χ2n) is 4.19. The van der Waals surface area contributed by atoms with Crippen molar-refractivity contribution in [3.63, 3.8) is 0 Å². The summed E-state index contributed by atoms with van der Waals surface area (Å²) in [5.41, 5.74) is 0.842. The van der Waals surface area contributed by atoms with Crippen LogP contribution >= 0.6 is 0 Å². The molecule has 1 amide bonds. The minimum absolute atomic E-state index is 0.00233. The monoisotopic (exact) mass is 293 g/mol. The molecule has 0 spiro atoms. The number of para-hydroxylation sites is 1. The molecule has 0 saturated carbocycles. The summed E-state index contributed by atoms with van der Waals surface area (Å²) in [4.78, 5) is 11.7. The number of nitrogens with one attached hydrogen (secondary N) is 1. The first-order valence-electron chi connectivity index (χ1n) is 6.14. The number of alkyl halides is 2. The molecular weight excluding hydrogens is 280 g/mol. The van der Waals surface area contributed by atoms with Gasteiger partial charge < -0.3 is 9.47 Å². The van der Waals surface area contributed by atoms with E-state index in [1.807, 2.05) is 0 Å². The Bertz CT molecular complexity index is 618. The summed E-state index contributed by atoms with van der Waals surface area (Å²) in [6, 6.07) is 12.9. The first kappa shape index (κ1) is 14.8. The SMILES string of the molecule is Cc1ccc(NC(=O)Oc2ccccc2)cc1OC(F)F. The van der Waals surface area contributed by atoms with E-state index in [0.717, 1.165) is 0 Å².